The monoisotopic (exact) mass is 390 g/mol. The third kappa shape index (κ3) is 5.69. The molecule has 1 aromatic heterocycles. The topological polar surface area (TPSA) is 105 Å². The number of nitrogens with one attached hydrogen (secondary N) is 1. The van der Waals surface area contributed by atoms with Crippen LogP contribution < -0.4 is 10.1 Å². The molecule has 0 spiro atoms. The SMILES string of the molecule is CC(C)[C@H](NC(=O)O)C(=O)N1CCC(Oc2cnc(C(F)(F)F)nc2)CC1. The van der Waals surface area contributed by atoms with Gasteiger partial charge in [-0.25, -0.2) is 14.8 Å². The van der Waals surface area contributed by atoms with E-state index in [9.17, 15) is 22.8 Å². The number of piperidine rings is 1. The van der Waals surface area contributed by atoms with Crippen LogP contribution in [0.2, 0.25) is 0 Å². The van der Waals surface area contributed by atoms with Gasteiger partial charge in [-0.05, 0) is 5.92 Å². The highest BCUT2D eigenvalue weighted by Gasteiger charge is 2.35. The van der Waals surface area contributed by atoms with Gasteiger partial charge in [-0.2, -0.15) is 13.2 Å². The van der Waals surface area contributed by atoms with Crippen molar-refractivity contribution in [2.24, 2.45) is 5.92 Å². The highest BCUT2D eigenvalue weighted by molar-refractivity contribution is 5.85. The lowest BCUT2D eigenvalue weighted by molar-refractivity contribution is -0.145. The quantitative estimate of drug-likeness (QED) is 0.798. The third-order valence-corrected chi connectivity index (χ3v) is 4.15. The van der Waals surface area contributed by atoms with Gasteiger partial charge in [0.1, 0.15) is 12.1 Å². The second kappa shape index (κ2) is 8.40. The van der Waals surface area contributed by atoms with Crippen LogP contribution in [0.3, 0.4) is 0 Å². The Balaban J connectivity index is 1.89. The minimum Gasteiger partial charge on any atom is -0.487 e. The van der Waals surface area contributed by atoms with E-state index in [0.717, 1.165) is 12.4 Å². The molecule has 150 valence electrons. The van der Waals surface area contributed by atoms with Gasteiger partial charge in [-0.15, -0.1) is 0 Å². The molecular formula is C16H21F3N4O4. The van der Waals surface area contributed by atoms with Crippen LogP contribution in [0.1, 0.15) is 32.5 Å². The number of likely N-dealkylation sites (tertiary alicyclic amines) is 1. The molecular weight excluding hydrogens is 369 g/mol. The Morgan fingerprint density at radius 2 is 1.81 bits per heavy atom. The molecule has 8 nitrogen and oxygen atoms in total. The van der Waals surface area contributed by atoms with Crippen molar-refractivity contribution in [1.29, 1.82) is 0 Å². The second-order valence-corrected chi connectivity index (χ2v) is 6.55. The van der Waals surface area contributed by atoms with Gasteiger partial charge >= 0.3 is 12.3 Å². The fourth-order valence-electron chi connectivity index (χ4n) is 2.75. The third-order valence-electron chi connectivity index (χ3n) is 4.15. The molecule has 1 aliphatic rings. The van der Waals surface area contributed by atoms with Gasteiger partial charge in [0.2, 0.25) is 11.7 Å². The molecule has 0 bridgehead atoms. The highest BCUT2D eigenvalue weighted by atomic mass is 19.4. The van der Waals surface area contributed by atoms with E-state index in [1.165, 1.54) is 0 Å². The molecule has 1 atom stereocenters. The van der Waals surface area contributed by atoms with Crippen molar-refractivity contribution in [3.8, 4) is 5.75 Å². The number of halogens is 3. The molecule has 1 saturated heterocycles. The minimum absolute atomic E-state index is 0.125. The first-order valence-corrected chi connectivity index (χ1v) is 8.42. The number of alkyl halides is 3. The van der Waals surface area contributed by atoms with Crippen molar-refractivity contribution in [3.63, 3.8) is 0 Å². The Hall–Kier alpha value is -2.59. The summed E-state index contributed by atoms with van der Waals surface area (Å²) >= 11 is 0. The van der Waals surface area contributed by atoms with Crippen LogP contribution in [-0.2, 0) is 11.0 Å². The molecule has 0 radical (unpaired) electrons. The molecule has 0 saturated carbocycles. The maximum absolute atomic E-state index is 12.5. The molecule has 1 fully saturated rings. The molecule has 0 aliphatic carbocycles. The lowest BCUT2D eigenvalue weighted by Crippen LogP contribution is -2.53. The standard InChI is InChI=1S/C16H21F3N4O4/c1-9(2)12(22-15(25)26)13(24)23-5-3-10(4-6-23)27-11-7-20-14(21-8-11)16(17,18)19/h7-10,12,22H,3-6H2,1-2H3,(H,25,26)/t12-/m0/s1. The van der Waals surface area contributed by atoms with Gasteiger partial charge in [0.05, 0.1) is 12.4 Å². The van der Waals surface area contributed by atoms with Crippen LogP contribution >= 0.6 is 0 Å². The van der Waals surface area contributed by atoms with E-state index >= 15 is 0 Å². The van der Waals surface area contributed by atoms with Gasteiger partial charge in [-0.1, -0.05) is 13.8 Å². The van der Waals surface area contributed by atoms with Crippen LogP contribution in [0.4, 0.5) is 18.0 Å². The second-order valence-electron chi connectivity index (χ2n) is 6.55. The van der Waals surface area contributed by atoms with Crippen molar-refractivity contribution >= 4 is 12.0 Å². The largest absolute Gasteiger partial charge is 0.487 e. The molecule has 27 heavy (non-hydrogen) atoms. The zero-order valence-electron chi connectivity index (χ0n) is 14.9. The zero-order chi connectivity index (χ0) is 20.2. The van der Waals surface area contributed by atoms with Crippen molar-refractivity contribution < 1.29 is 32.6 Å². The molecule has 2 rings (SSSR count). The number of hydrogen-bond donors (Lipinski definition) is 2. The minimum atomic E-state index is -4.61. The molecule has 2 N–H and O–H groups in total. The number of hydrogen-bond acceptors (Lipinski definition) is 5. The number of amides is 2. The number of carboxylic acid groups (broad SMARTS) is 1. The molecule has 0 aromatic carbocycles. The summed E-state index contributed by atoms with van der Waals surface area (Å²) in [5, 5.41) is 11.1. The summed E-state index contributed by atoms with van der Waals surface area (Å²) in [5.41, 5.74) is 0. The van der Waals surface area contributed by atoms with Crippen molar-refractivity contribution in [2.45, 2.75) is 45.0 Å². The average molecular weight is 390 g/mol. The number of aromatic nitrogens is 2. The maximum atomic E-state index is 12.5. The first-order chi connectivity index (χ1) is 12.6. The van der Waals surface area contributed by atoms with Crippen LogP contribution in [0.15, 0.2) is 12.4 Å². The number of carbonyl (C=O) groups excluding carboxylic acids is 1. The van der Waals surface area contributed by atoms with Gasteiger partial charge in [0, 0.05) is 25.9 Å². The number of carbonyl (C=O) groups is 2. The lowest BCUT2D eigenvalue weighted by Gasteiger charge is -2.35. The van der Waals surface area contributed by atoms with Crippen molar-refractivity contribution in [2.75, 3.05) is 13.1 Å². The van der Waals surface area contributed by atoms with E-state index in [1.54, 1.807) is 18.7 Å². The van der Waals surface area contributed by atoms with Gasteiger partial charge in [0.25, 0.3) is 0 Å². The normalized spacial score (nSPS) is 16.9. The summed E-state index contributed by atoms with van der Waals surface area (Å²) < 4.78 is 42.9. The van der Waals surface area contributed by atoms with Gasteiger partial charge < -0.3 is 20.1 Å². The number of ether oxygens (including phenoxy) is 1. The molecule has 2 heterocycles. The molecule has 1 aliphatic heterocycles. The summed E-state index contributed by atoms with van der Waals surface area (Å²) in [4.78, 5) is 31.4. The molecule has 0 unspecified atom stereocenters. The van der Waals surface area contributed by atoms with Crippen molar-refractivity contribution in [1.82, 2.24) is 20.2 Å². The first kappa shape index (κ1) is 20.7. The van der Waals surface area contributed by atoms with Gasteiger partial charge in [-0.3, -0.25) is 4.79 Å². The first-order valence-electron chi connectivity index (χ1n) is 8.42. The summed E-state index contributed by atoms with van der Waals surface area (Å²) in [7, 11) is 0. The zero-order valence-corrected chi connectivity index (χ0v) is 14.9. The fourth-order valence-corrected chi connectivity index (χ4v) is 2.75. The predicted octanol–water partition coefficient (Wildman–Crippen LogP) is 2.16. The summed E-state index contributed by atoms with van der Waals surface area (Å²) in [6.45, 7) is 4.21. The van der Waals surface area contributed by atoms with Crippen LogP contribution in [0.25, 0.3) is 0 Å². The molecule has 2 amide bonds. The number of rotatable bonds is 5. The van der Waals surface area contributed by atoms with Gasteiger partial charge in [0.15, 0.2) is 5.75 Å². The summed E-state index contributed by atoms with van der Waals surface area (Å²) in [6, 6.07) is -0.830. The molecule has 1 aromatic rings. The Morgan fingerprint density at radius 3 is 2.26 bits per heavy atom. The van der Waals surface area contributed by atoms with E-state index < -0.39 is 24.1 Å². The van der Waals surface area contributed by atoms with E-state index in [1.807, 2.05) is 0 Å². The summed E-state index contributed by atoms with van der Waals surface area (Å²) in [5.74, 6) is -1.61. The Labute approximate surface area is 153 Å². The van der Waals surface area contributed by atoms with Crippen LogP contribution in [0, 0.1) is 5.92 Å². The summed E-state index contributed by atoms with van der Waals surface area (Å²) in [6.07, 6.45) is -3.30. The van der Waals surface area contributed by atoms with E-state index in [4.69, 9.17) is 9.84 Å². The highest BCUT2D eigenvalue weighted by Crippen LogP contribution is 2.27. The maximum Gasteiger partial charge on any atom is 0.451 e. The average Bonchev–Trinajstić information content (AvgIpc) is 2.59. The number of nitrogens with zero attached hydrogens (tertiary/aromatic N) is 3. The van der Waals surface area contributed by atoms with E-state index in [0.29, 0.717) is 25.9 Å². The Morgan fingerprint density at radius 1 is 1.26 bits per heavy atom. The van der Waals surface area contributed by atoms with Crippen molar-refractivity contribution in [3.05, 3.63) is 18.2 Å². The molecule has 11 heteroatoms. The van der Waals surface area contributed by atoms with E-state index in [2.05, 4.69) is 15.3 Å². The predicted molar refractivity (Wildman–Crippen MR) is 87.1 cm³/mol. The fraction of sp³-hybridized carbons (Fsp3) is 0.625. The van der Waals surface area contributed by atoms with Crippen LogP contribution in [-0.4, -0.2) is 57.2 Å². The van der Waals surface area contributed by atoms with E-state index in [-0.39, 0.29) is 23.7 Å². The Kier molecular flexibility index (Phi) is 6.45. The lowest BCUT2D eigenvalue weighted by atomic mass is 10.0. The smallest absolute Gasteiger partial charge is 0.451 e. The Bertz CT molecular complexity index is 659. The van der Waals surface area contributed by atoms with Crippen LogP contribution in [0.5, 0.6) is 5.75 Å².